The predicted octanol–water partition coefficient (Wildman–Crippen LogP) is 3.27. The molecule has 2 heterocycles. The second kappa shape index (κ2) is 7.42. The number of fused-ring (bicyclic) bond motifs is 1. The third kappa shape index (κ3) is 3.60. The van der Waals surface area contributed by atoms with Crippen LogP contribution in [0.3, 0.4) is 0 Å². The molecule has 1 aliphatic carbocycles. The minimum Gasteiger partial charge on any atom is -0.350 e. The number of anilines is 1. The molecule has 7 heteroatoms. The van der Waals surface area contributed by atoms with Crippen molar-refractivity contribution in [2.75, 3.05) is 5.32 Å². The maximum absolute atomic E-state index is 12.2. The van der Waals surface area contributed by atoms with Crippen molar-refractivity contribution in [3.63, 3.8) is 0 Å². The molecular weight excluding hydrogens is 354 g/mol. The van der Waals surface area contributed by atoms with E-state index in [1.54, 1.807) is 12.1 Å². The lowest BCUT2D eigenvalue weighted by atomic mass is 9.85. The topological polar surface area (TPSA) is 88.4 Å². The van der Waals surface area contributed by atoms with Gasteiger partial charge in [0.15, 0.2) is 11.5 Å². The number of carbonyl (C=O) groups is 2. The smallest absolute Gasteiger partial charge is 0.251 e. The van der Waals surface area contributed by atoms with E-state index in [0.717, 1.165) is 30.5 Å². The van der Waals surface area contributed by atoms with Gasteiger partial charge in [-0.05, 0) is 51.0 Å². The Morgan fingerprint density at radius 3 is 2.46 bits per heavy atom. The molecule has 28 heavy (non-hydrogen) atoms. The van der Waals surface area contributed by atoms with Crippen LogP contribution in [0.2, 0.25) is 0 Å². The molecule has 1 aromatic carbocycles. The summed E-state index contributed by atoms with van der Waals surface area (Å²) in [6.07, 6.45) is 4.88. The van der Waals surface area contributed by atoms with Crippen molar-refractivity contribution in [3.05, 3.63) is 48.2 Å². The van der Waals surface area contributed by atoms with Gasteiger partial charge in [-0.3, -0.25) is 14.0 Å². The number of rotatable bonds is 5. The zero-order valence-electron chi connectivity index (χ0n) is 16.0. The Balaban J connectivity index is 1.58. The molecule has 7 nitrogen and oxygen atoms in total. The molecule has 3 aromatic rings. The van der Waals surface area contributed by atoms with Gasteiger partial charge in [0.2, 0.25) is 5.91 Å². The van der Waals surface area contributed by atoms with Crippen molar-refractivity contribution < 1.29 is 9.59 Å². The molecule has 0 radical (unpaired) electrons. The van der Waals surface area contributed by atoms with E-state index in [1.165, 1.54) is 0 Å². The molecule has 1 saturated carbocycles. The SMILES string of the molecule is CC(C)NC(=O)c1ccc(-c2nnc3ccc(NC(=O)C4CCC4)cn23)cc1. The third-order valence-electron chi connectivity index (χ3n) is 4.97. The van der Waals surface area contributed by atoms with Crippen LogP contribution in [-0.2, 0) is 4.79 Å². The van der Waals surface area contributed by atoms with Crippen LogP contribution in [0.5, 0.6) is 0 Å². The number of benzene rings is 1. The predicted molar refractivity (Wildman–Crippen MR) is 107 cm³/mol. The zero-order chi connectivity index (χ0) is 19.7. The summed E-state index contributed by atoms with van der Waals surface area (Å²) in [5, 5.41) is 14.3. The molecule has 0 spiro atoms. The number of carbonyl (C=O) groups excluding carboxylic acids is 2. The van der Waals surface area contributed by atoms with Gasteiger partial charge >= 0.3 is 0 Å². The molecule has 144 valence electrons. The van der Waals surface area contributed by atoms with E-state index in [-0.39, 0.29) is 23.8 Å². The zero-order valence-corrected chi connectivity index (χ0v) is 16.0. The molecule has 0 aliphatic heterocycles. The summed E-state index contributed by atoms with van der Waals surface area (Å²) in [6, 6.07) is 11.0. The molecule has 4 rings (SSSR count). The lowest BCUT2D eigenvalue weighted by molar-refractivity contribution is -0.122. The molecule has 0 atom stereocenters. The standard InChI is InChI=1S/C21H23N5O2/c1-13(2)22-20(27)16-8-6-14(7-9-16)19-25-24-18-11-10-17(12-26(18)19)23-21(28)15-4-3-5-15/h6-13,15H,3-5H2,1-2H3,(H,22,27)(H,23,28). The average molecular weight is 377 g/mol. The molecule has 0 bridgehead atoms. The van der Waals surface area contributed by atoms with Crippen LogP contribution >= 0.6 is 0 Å². The fourth-order valence-electron chi connectivity index (χ4n) is 3.19. The van der Waals surface area contributed by atoms with Gasteiger partial charge in [0.05, 0.1) is 5.69 Å². The first-order valence-electron chi connectivity index (χ1n) is 9.58. The van der Waals surface area contributed by atoms with Crippen LogP contribution in [0.1, 0.15) is 43.5 Å². The van der Waals surface area contributed by atoms with Gasteiger partial charge in [-0.15, -0.1) is 10.2 Å². The molecule has 0 unspecified atom stereocenters. The molecule has 1 aliphatic rings. The van der Waals surface area contributed by atoms with Gasteiger partial charge in [-0.2, -0.15) is 0 Å². The van der Waals surface area contributed by atoms with Crippen molar-refractivity contribution in [1.29, 1.82) is 0 Å². The van der Waals surface area contributed by atoms with Crippen molar-refractivity contribution in [1.82, 2.24) is 19.9 Å². The number of nitrogens with one attached hydrogen (secondary N) is 2. The lowest BCUT2D eigenvalue weighted by Gasteiger charge is -2.24. The summed E-state index contributed by atoms with van der Waals surface area (Å²) >= 11 is 0. The number of aromatic nitrogens is 3. The Labute approximate surface area is 163 Å². The Hall–Kier alpha value is -3.22. The van der Waals surface area contributed by atoms with Crippen molar-refractivity contribution in [2.24, 2.45) is 5.92 Å². The Bertz CT molecular complexity index is 1020. The van der Waals surface area contributed by atoms with E-state index >= 15 is 0 Å². The van der Waals surface area contributed by atoms with Crippen LogP contribution in [0.25, 0.3) is 17.0 Å². The van der Waals surface area contributed by atoms with Crippen LogP contribution in [0.4, 0.5) is 5.69 Å². The normalized spacial score (nSPS) is 14.1. The lowest BCUT2D eigenvalue weighted by Crippen LogP contribution is -2.29. The quantitative estimate of drug-likeness (QED) is 0.714. The van der Waals surface area contributed by atoms with E-state index in [0.29, 0.717) is 17.0 Å². The van der Waals surface area contributed by atoms with Crippen molar-refractivity contribution in [2.45, 2.75) is 39.2 Å². The Kier molecular flexibility index (Phi) is 4.81. The van der Waals surface area contributed by atoms with Gasteiger partial charge in [-0.1, -0.05) is 18.6 Å². The van der Waals surface area contributed by atoms with Gasteiger partial charge in [0, 0.05) is 29.3 Å². The minimum absolute atomic E-state index is 0.0701. The molecular formula is C21H23N5O2. The highest BCUT2D eigenvalue weighted by Gasteiger charge is 2.25. The van der Waals surface area contributed by atoms with Crippen LogP contribution in [0.15, 0.2) is 42.6 Å². The molecule has 1 fully saturated rings. The number of nitrogens with zero attached hydrogens (tertiary/aromatic N) is 3. The first kappa shape index (κ1) is 18.2. The fourth-order valence-corrected chi connectivity index (χ4v) is 3.19. The average Bonchev–Trinajstić information content (AvgIpc) is 3.03. The minimum atomic E-state index is -0.103. The highest BCUT2D eigenvalue weighted by molar-refractivity contribution is 5.95. The Morgan fingerprint density at radius 2 is 1.82 bits per heavy atom. The second-order valence-electron chi connectivity index (χ2n) is 7.49. The van der Waals surface area contributed by atoms with Gasteiger partial charge < -0.3 is 10.6 Å². The Morgan fingerprint density at radius 1 is 1.07 bits per heavy atom. The summed E-state index contributed by atoms with van der Waals surface area (Å²) in [6.45, 7) is 3.85. The summed E-state index contributed by atoms with van der Waals surface area (Å²) in [7, 11) is 0. The number of pyridine rings is 1. The molecule has 2 aromatic heterocycles. The summed E-state index contributed by atoms with van der Waals surface area (Å²) in [5.41, 5.74) is 2.85. The largest absolute Gasteiger partial charge is 0.350 e. The summed E-state index contributed by atoms with van der Waals surface area (Å²) < 4.78 is 1.85. The number of hydrogen-bond acceptors (Lipinski definition) is 4. The van der Waals surface area contributed by atoms with E-state index < -0.39 is 0 Å². The third-order valence-corrected chi connectivity index (χ3v) is 4.97. The van der Waals surface area contributed by atoms with E-state index in [9.17, 15) is 9.59 Å². The van der Waals surface area contributed by atoms with Crippen LogP contribution < -0.4 is 10.6 Å². The first-order chi connectivity index (χ1) is 13.5. The molecule has 2 amide bonds. The van der Waals surface area contributed by atoms with E-state index in [1.807, 2.05) is 48.7 Å². The van der Waals surface area contributed by atoms with Crippen molar-refractivity contribution >= 4 is 23.1 Å². The first-order valence-corrected chi connectivity index (χ1v) is 9.58. The number of amides is 2. The van der Waals surface area contributed by atoms with Crippen molar-refractivity contribution in [3.8, 4) is 11.4 Å². The van der Waals surface area contributed by atoms with Gasteiger partial charge in [0.25, 0.3) is 5.91 Å². The highest BCUT2D eigenvalue weighted by atomic mass is 16.2. The molecule has 0 saturated heterocycles. The maximum atomic E-state index is 12.2. The number of hydrogen-bond donors (Lipinski definition) is 2. The van der Waals surface area contributed by atoms with Crippen LogP contribution in [-0.4, -0.2) is 32.5 Å². The van der Waals surface area contributed by atoms with E-state index in [4.69, 9.17) is 0 Å². The van der Waals surface area contributed by atoms with Crippen LogP contribution in [0, 0.1) is 5.92 Å². The van der Waals surface area contributed by atoms with Gasteiger partial charge in [0.1, 0.15) is 0 Å². The maximum Gasteiger partial charge on any atom is 0.251 e. The summed E-state index contributed by atoms with van der Waals surface area (Å²) in [5.74, 6) is 0.751. The monoisotopic (exact) mass is 377 g/mol. The fraction of sp³-hybridized carbons (Fsp3) is 0.333. The van der Waals surface area contributed by atoms with Gasteiger partial charge in [-0.25, -0.2) is 0 Å². The highest BCUT2D eigenvalue weighted by Crippen LogP contribution is 2.28. The summed E-state index contributed by atoms with van der Waals surface area (Å²) in [4.78, 5) is 24.3. The second-order valence-corrected chi connectivity index (χ2v) is 7.49. The van der Waals surface area contributed by atoms with E-state index in [2.05, 4.69) is 20.8 Å². The molecule has 2 N–H and O–H groups in total.